The predicted molar refractivity (Wildman–Crippen MR) is 65.4 cm³/mol. The van der Waals surface area contributed by atoms with Crippen LogP contribution in [0.25, 0.3) is 11.0 Å². The van der Waals surface area contributed by atoms with Gasteiger partial charge >= 0.3 is 0 Å². The van der Waals surface area contributed by atoms with E-state index >= 15 is 0 Å². The van der Waals surface area contributed by atoms with Gasteiger partial charge in [-0.2, -0.15) is 0 Å². The normalized spacial score (nSPS) is 11.1. The second-order valence-corrected chi connectivity index (χ2v) is 3.82. The van der Waals surface area contributed by atoms with Crippen LogP contribution in [0.1, 0.15) is 26.1 Å². The zero-order chi connectivity index (χ0) is 11.4. The van der Waals surface area contributed by atoms with Gasteiger partial charge in [-0.05, 0) is 25.5 Å². The fourth-order valence-corrected chi connectivity index (χ4v) is 1.87. The molecule has 0 radical (unpaired) electrons. The van der Waals surface area contributed by atoms with Gasteiger partial charge in [-0.25, -0.2) is 4.98 Å². The molecule has 2 rings (SSSR count). The first-order chi connectivity index (χ1) is 7.86. The van der Waals surface area contributed by atoms with Crippen LogP contribution in [0, 0.1) is 0 Å². The van der Waals surface area contributed by atoms with Gasteiger partial charge in [0.1, 0.15) is 12.6 Å². The van der Waals surface area contributed by atoms with Crippen molar-refractivity contribution in [2.24, 2.45) is 0 Å². The molecule has 0 N–H and O–H groups in total. The van der Waals surface area contributed by atoms with Crippen molar-refractivity contribution in [3.63, 3.8) is 0 Å². The molecule has 0 saturated carbocycles. The minimum atomic E-state index is 0.604. The number of benzene rings is 1. The highest BCUT2D eigenvalue weighted by Gasteiger charge is 2.08. The molecule has 1 aromatic heterocycles. The van der Waals surface area contributed by atoms with Gasteiger partial charge in [0.05, 0.1) is 11.0 Å². The number of nitrogens with zero attached hydrogens (tertiary/aromatic N) is 2. The minimum Gasteiger partial charge on any atom is -0.361 e. The average molecular weight is 218 g/mol. The van der Waals surface area contributed by atoms with Gasteiger partial charge in [0.15, 0.2) is 0 Å². The Bertz CT molecular complexity index is 462. The highest BCUT2D eigenvalue weighted by atomic mass is 16.5. The molecular formula is C13H18N2O. The number of hydrogen-bond acceptors (Lipinski definition) is 2. The largest absolute Gasteiger partial charge is 0.361 e. The molecule has 86 valence electrons. The minimum absolute atomic E-state index is 0.604. The first kappa shape index (κ1) is 11.1. The Balaban J connectivity index is 2.42. The lowest BCUT2D eigenvalue weighted by Gasteiger charge is -2.08. The van der Waals surface area contributed by atoms with Gasteiger partial charge in [-0.15, -0.1) is 0 Å². The van der Waals surface area contributed by atoms with Crippen LogP contribution in [0.5, 0.6) is 0 Å². The Labute approximate surface area is 96.1 Å². The number of aromatic nitrogens is 2. The summed E-state index contributed by atoms with van der Waals surface area (Å²) in [5, 5.41) is 0. The molecule has 0 aliphatic carbocycles. The van der Waals surface area contributed by atoms with Gasteiger partial charge in [0.2, 0.25) is 0 Å². The second-order valence-electron chi connectivity index (χ2n) is 3.82. The fourth-order valence-electron chi connectivity index (χ4n) is 1.87. The number of aryl methyl sites for hydroxylation is 1. The van der Waals surface area contributed by atoms with Crippen LogP contribution in [-0.2, 0) is 17.9 Å². The van der Waals surface area contributed by atoms with E-state index in [2.05, 4.69) is 28.6 Å². The molecule has 0 amide bonds. The summed E-state index contributed by atoms with van der Waals surface area (Å²) >= 11 is 0. The quantitative estimate of drug-likeness (QED) is 0.771. The van der Waals surface area contributed by atoms with Crippen molar-refractivity contribution in [3.05, 3.63) is 30.1 Å². The van der Waals surface area contributed by atoms with Gasteiger partial charge in [0, 0.05) is 13.0 Å². The summed E-state index contributed by atoms with van der Waals surface area (Å²) < 4.78 is 7.66. The number of fused-ring (bicyclic) bond motifs is 1. The van der Waals surface area contributed by atoms with E-state index in [-0.39, 0.29) is 0 Å². The van der Waals surface area contributed by atoms with E-state index in [1.165, 1.54) is 5.52 Å². The van der Waals surface area contributed by atoms with E-state index in [4.69, 9.17) is 4.74 Å². The molecule has 0 saturated heterocycles. The SMILES string of the molecule is CCCc1nc2ccccc2n1COCC. The molecule has 2 aromatic rings. The molecule has 0 fully saturated rings. The van der Waals surface area contributed by atoms with Crippen molar-refractivity contribution in [3.8, 4) is 0 Å². The Hall–Kier alpha value is -1.35. The number of imidazole rings is 1. The molecule has 3 heteroatoms. The van der Waals surface area contributed by atoms with Crippen molar-refractivity contribution in [1.29, 1.82) is 0 Å². The van der Waals surface area contributed by atoms with Crippen molar-refractivity contribution in [1.82, 2.24) is 9.55 Å². The monoisotopic (exact) mass is 218 g/mol. The lowest BCUT2D eigenvalue weighted by atomic mass is 10.3. The van der Waals surface area contributed by atoms with Gasteiger partial charge in [0.25, 0.3) is 0 Å². The van der Waals surface area contributed by atoms with E-state index in [0.717, 1.165) is 30.8 Å². The highest BCUT2D eigenvalue weighted by Crippen LogP contribution is 2.17. The second kappa shape index (κ2) is 5.12. The molecule has 0 aliphatic heterocycles. The van der Waals surface area contributed by atoms with Crippen LogP contribution < -0.4 is 0 Å². The molecular weight excluding hydrogens is 200 g/mol. The van der Waals surface area contributed by atoms with E-state index < -0.39 is 0 Å². The number of rotatable bonds is 5. The molecule has 16 heavy (non-hydrogen) atoms. The van der Waals surface area contributed by atoms with Crippen molar-refractivity contribution >= 4 is 11.0 Å². The average Bonchev–Trinajstić information content (AvgIpc) is 2.65. The Morgan fingerprint density at radius 3 is 2.81 bits per heavy atom. The third kappa shape index (κ3) is 2.09. The molecule has 3 nitrogen and oxygen atoms in total. The van der Waals surface area contributed by atoms with Crippen LogP contribution in [0.3, 0.4) is 0 Å². The maximum absolute atomic E-state index is 5.50. The summed E-state index contributed by atoms with van der Waals surface area (Å²) in [7, 11) is 0. The van der Waals surface area contributed by atoms with Crippen LogP contribution in [0.2, 0.25) is 0 Å². The molecule has 0 atom stereocenters. The Kier molecular flexibility index (Phi) is 3.57. The lowest BCUT2D eigenvalue weighted by molar-refractivity contribution is 0.0885. The van der Waals surface area contributed by atoms with Crippen LogP contribution in [0.15, 0.2) is 24.3 Å². The van der Waals surface area contributed by atoms with E-state index in [0.29, 0.717) is 6.73 Å². The summed E-state index contributed by atoms with van der Waals surface area (Å²) in [5.74, 6) is 1.12. The first-order valence-electron chi connectivity index (χ1n) is 5.88. The number of para-hydroxylation sites is 2. The van der Waals surface area contributed by atoms with E-state index in [9.17, 15) is 0 Å². The molecule has 1 aromatic carbocycles. The van der Waals surface area contributed by atoms with Crippen LogP contribution in [0.4, 0.5) is 0 Å². The first-order valence-corrected chi connectivity index (χ1v) is 5.88. The van der Waals surface area contributed by atoms with Crippen molar-refractivity contribution in [2.75, 3.05) is 6.61 Å². The highest BCUT2D eigenvalue weighted by molar-refractivity contribution is 5.75. The zero-order valence-electron chi connectivity index (χ0n) is 9.94. The van der Waals surface area contributed by atoms with Gasteiger partial charge in [-0.3, -0.25) is 0 Å². The fraction of sp³-hybridized carbons (Fsp3) is 0.462. The Morgan fingerprint density at radius 1 is 1.25 bits per heavy atom. The maximum Gasteiger partial charge on any atom is 0.124 e. The number of hydrogen-bond donors (Lipinski definition) is 0. The lowest BCUT2D eigenvalue weighted by Crippen LogP contribution is -2.06. The predicted octanol–water partition coefficient (Wildman–Crippen LogP) is 2.98. The summed E-state index contributed by atoms with van der Waals surface area (Å²) in [6.45, 7) is 5.52. The van der Waals surface area contributed by atoms with Gasteiger partial charge in [-0.1, -0.05) is 19.1 Å². The Morgan fingerprint density at radius 2 is 2.06 bits per heavy atom. The maximum atomic E-state index is 5.50. The smallest absolute Gasteiger partial charge is 0.124 e. The summed E-state index contributed by atoms with van der Waals surface area (Å²) in [4.78, 5) is 4.64. The van der Waals surface area contributed by atoms with Crippen molar-refractivity contribution in [2.45, 2.75) is 33.4 Å². The molecule has 0 unspecified atom stereocenters. The van der Waals surface area contributed by atoms with Crippen LogP contribution in [-0.4, -0.2) is 16.2 Å². The summed E-state index contributed by atoms with van der Waals surface area (Å²) in [6, 6.07) is 8.22. The van der Waals surface area contributed by atoms with E-state index in [1.807, 2.05) is 19.1 Å². The molecule has 0 aliphatic rings. The number of ether oxygens (including phenoxy) is 1. The summed E-state index contributed by atoms with van der Waals surface area (Å²) in [6.07, 6.45) is 2.11. The zero-order valence-corrected chi connectivity index (χ0v) is 9.94. The molecule has 1 heterocycles. The van der Waals surface area contributed by atoms with Gasteiger partial charge < -0.3 is 9.30 Å². The standard InChI is InChI=1S/C13H18N2O/c1-3-7-13-14-11-8-5-6-9-12(11)15(13)10-16-4-2/h5-6,8-9H,3-4,7,10H2,1-2H3. The third-order valence-corrected chi connectivity index (χ3v) is 2.63. The van der Waals surface area contributed by atoms with Crippen molar-refractivity contribution < 1.29 is 4.74 Å². The molecule has 0 spiro atoms. The summed E-state index contributed by atoms with van der Waals surface area (Å²) in [5.41, 5.74) is 2.23. The van der Waals surface area contributed by atoms with E-state index in [1.54, 1.807) is 0 Å². The van der Waals surface area contributed by atoms with Crippen LogP contribution >= 0.6 is 0 Å². The third-order valence-electron chi connectivity index (χ3n) is 2.63. The molecule has 0 bridgehead atoms. The topological polar surface area (TPSA) is 27.1 Å².